The number of aromatic carboxylic acids is 1. The summed E-state index contributed by atoms with van der Waals surface area (Å²) >= 11 is 0. The van der Waals surface area contributed by atoms with E-state index in [1.54, 1.807) is 12.1 Å². The fourth-order valence-corrected chi connectivity index (χ4v) is 3.36. The van der Waals surface area contributed by atoms with Crippen LogP contribution in [0.3, 0.4) is 0 Å². The van der Waals surface area contributed by atoms with E-state index in [9.17, 15) is 9.59 Å². The Morgan fingerprint density at radius 2 is 1.91 bits per heavy atom. The number of nitrogens with zero attached hydrogens (tertiary/aromatic N) is 1. The maximum atomic E-state index is 12.7. The minimum atomic E-state index is -0.920. The molecule has 22 heavy (non-hydrogen) atoms. The molecular weight excluding hydrogens is 278 g/mol. The van der Waals surface area contributed by atoms with E-state index in [1.807, 2.05) is 17.9 Å². The monoisotopic (exact) mass is 303 g/mol. The summed E-state index contributed by atoms with van der Waals surface area (Å²) in [5, 5.41) is 9.11. The highest BCUT2D eigenvalue weighted by Crippen LogP contribution is 2.26. The molecule has 0 saturated carbocycles. The zero-order chi connectivity index (χ0) is 16.3. The molecule has 4 heteroatoms. The number of benzene rings is 1. The van der Waals surface area contributed by atoms with Crippen LogP contribution in [0.2, 0.25) is 0 Å². The third-order valence-electron chi connectivity index (χ3n) is 4.92. The van der Waals surface area contributed by atoms with Gasteiger partial charge in [-0.05, 0) is 35.6 Å². The van der Waals surface area contributed by atoms with Crippen LogP contribution in [0.15, 0.2) is 18.2 Å². The Labute approximate surface area is 132 Å². The van der Waals surface area contributed by atoms with Crippen molar-refractivity contribution in [2.45, 2.75) is 46.6 Å². The van der Waals surface area contributed by atoms with Gasteiger partial charge in [0.15, 0.2) is 0 Å². The van der Waals surface area contributed by atoms with Crippen molar-refractivity contribution >= 4 is 11.9 Å². The van der Waals surface area contributed by atoms with Crippen LogP contribution < -0.4 is 0 Å². The van der Waals surface area contributed by atoms with Crippen LogP contribution in [-0.2, 0) is 17.8 Å². The summed E-state index contributed by atoms with van der Waals surface area (Å²) in [6, 6.07) is 5.23. The number of carboxylic acid groups (broad SMARTS) is 1. The van der Waals surface area contributed by atoms with E-state index in [0.717, 1.165) is 36.9 Å². The Morgan fingerprint density at radius 3 is 2.50 bits per heavy atom. The summed E-state index contributed by atoms with van der Waals surface area (Å²) < 4.78 is 0. The lowest BCUT2D eigenvalue weighted by Gasteiger charge is -2.33. The average molecular weight is 303 g/mol. The van der Waals surface area contributed by atoms with Crippen molar-refractivity contribution in [3.63, 3.8) is 0 Å². The van der Waals surface area contributed by atoms with Gasteiger partial charge >= 0.3 is 5.97 Å². The van der Waals surface area contributed by atoms with Crippen molar-refractivity contribution in [3.05, 3.63) is 34.9 Å². The predicted octanol–water partition coefficient (Wildman–Crippen LogP) is 3.34. The number of carbonyl (C=O) groups excluding carboxylic acids is 1. The van der Waals surface area contributed by atoms with E-state index in [4.69, 9.17) is 5.11 Å². The maximum Gasteiger partial charge on any atom is 0.335 e. The first-order valence-electron chi connectivity index (χ1n) is 8.11. The quantitative estimate of drug-likeness (QED) is 0.907. The summed E-state index contributed by atoms with van der Waals surface area (Å²) in [6.45, 7) is 7.52. The minimum Gasteiger partial charge on any atom is -0.478 e. The van der Waals surface area contributed by atoms with Gasteiger partial charge in [0, 0.05) is 19.0 Å². The van der Waals surface area contributed by atoms with Gasteiger partial charge in [-0.25, -0.2) is 4.79 Å². The molecule has 0 fully saturated rings. The molecule has 2 rings (SSSR count). The second-order valence-electron chi connectivity index (χ2n) is 6.16. The van der Waals surface area contributed by atoms with E-state index in [-0.39, 0.29) is 11.8 Å². The van der Waals surface area contributed by atoms with Gasteiger partial charge in [-0.2, -0.15) is 0 Å². The van der Waals surface area contributed by atoms with Crippen molar-refractivity contribution in [2.75, 3.05) is 6.54 Å². The van der Waals surface area contributed by atoms with Crippen molar-refractivity contribution in [1.82, 2.24) is 4.90 Å². The molecule has 0 saturated heterocycles. The third kappa shape index (κ3) is 3.32. The van der Waals surface area contributed by atoms with Crippen LogP contribution in [0.1, 0.15) is 55.1 Å². The van der Waals surface area contributed by atoms with Gasteiger partial charge in [0.05, 0.1) is 5.56 Å². The Balaban J connectivity index is 2.15. The molecule has 0 aromatic heterocycles. The molecular formula is C18H25NO3. The lowest BCUT2D eigenvalue weighted by molar-refractivity contribution is -0.137. The predicted molar refractivity (Wildman–Crippen MR) is 85.8 cm³/mol. The number of hydrogen-bond donors (Lipinski definition) is 1. The van der Waals surface area contributed by atoms with Gasteiger partial charge in [-0.1, -0.05) is 39.7 Å². The highest BCUT2D eigenvalue weighted by Gasteiger charge is 2.28. The fourth-order valence-electron chi connectivity index (χ4n) is 3.36. The van der Waals surface area contributed by atoms with Gasteiger partial charge < -0.3 is 10.0 Å². The molecule has 1 aliphatic rings. The van der Waals surface area contributed by atoms with Crippen molar-refractivity contribution in [3.8, 4) is 0 Å². The second-order valence-corrected chi connectivity index (χ2v) is 6.16. The highest BCUT2D eigenvalue weighted by molar-refractivity contribution is 5.88. The SMILES string of the molecule is CCC(CC)C(C)C(=O)N1CCc2ccc(C(=O)O)cc2C1. The van der Waals surface area contributed by atoms with Crippen molar-refractivity contribution in [1.29, 1.82) is 0 Å². The number of fused-ring (bicyclic) bond motifs is 1. The van der Waals surface area contributed by atoms with Crippen LogP contribution >= 0.6 is 0 Å². The fraction of sp³-hybridized carbons (Fsp3) is 0.556. The largest absolute Gasteiger partial charge is 0.478 e. The summed E-state index contributed by atoms with van der Waals surface area (Å²) in [7, 11) is 0. The second kappa shape index (κ2) is 6.95. The molecule has 0 aliphatic carbocycles. The van der Waals surface area contributed by atoms with Gasteiger partial charge in [-0.15, -0.1) is 0 Å². The van der Waals surface area contributed by atoms with E-state index in [0.29, 0.717) is 18.0 Å². The first kappa shape index (κ1) is 16.5. The molecule has 1 heterocycles. The van der Waals surface area contributed by atoms with Crippen LogP contribution in [-0.4, -0.2) is 28.4 Å². The Hall–Kier alpha value is -1.84. The summed E-state index contributed by atoms with van der Waals surface area (Å²) in [5.74, 6) is -0.282. The molecule has 1 aliphatic heterocycles. The first-order chi connectivity index (χ1) is 10.5. The molecule has 0 bridgehead atoms. The zero-order valence-corrected chi connectivity index (χ0v) is 13.6. The Morgan fingerprint density at radius 1 is 1.23 bits per heavy atom. The summed E-state index contributed by atoms with van der Waals surface area (Å²) in [4.78, 5) is 25.7. The van der Waals surface area contributed by atoms with E-state index >= 15 is 0 Å². The van der Waals surface area contributed by atoms with Crippen LogP contribution in [0.4, 0.5) is 0 Å². The first-order valence-corrected chi connectivity index (χ1v) is 8.11. The van der Waals surface area contributed by atoms with Gasteiger partial charge in [0.2, 0.25) is 5.91 Å². The lowest BCUT2D eigenvalue weighted by atomic mass is 9.87. The summed E-state index contributed by atoms with van der Waals surface area (Å²) in [6.07, 6.45) is 2.82. The molecule has 1 unspecified atom stereocenters. The van der Waals surface area contributed by atoms with Crippen LogP contribution in [0, 0.1) is 11.8 Å². The van der Waals surface area contributed by atoms with Crippen LogP contribution in [0.5, 0.6) is 0 Å². The van der Waals surface area contributed by atoms with Crippen molar-refractivity contribution < 1.29 is 14.7 Å². The molecule has 1 aromatic rings. The smallest absolute Gasteiger partial charge is 0.335 e. The Kier molecular flexibility index (Phi) is 5.22. The minimum absolute atomic E-state index is 0.0270. The standard InChI is InChI=1S/C18H25NO3/c1-4-13(5-2)12(3)17(20)19-9-8-14-6-7-15(18(21)22)10-16(14)11-19/h6-7,10,12-13H,4-5,8-9,11H2,1-3H3,(H,21,22). The average Bonchev–Trinajstić information content (AvgIpc) is 2.54. The molecule has 0 radical (unpaired) electrons. The van der Waals surface area contributed by atoms with E-state index in [2.05, 4.69) is 13.8 Å². The lowest BCUT2D eigenvalue weighted by Crippen LogP contribution is -2.41. The molecule has 1 aromatic carbocycles. The molecule has 1 amide bonds. The normalized spacial score (nSPS) is 15.5. The third-order valence-corrected chi connectivity index (χ3v) is 4.92. The molecule has 1 N–H and O–H groups in total. The number of carboxylic acids is 1. The molecule has 1 atom stereocenters. The number of hydrogen-bond acceptors (Lipinski definition) is 2. The Bertz CT molecular complexity index is 563. The van der Waals surface area contributed by atoms with Crippen LogP contribution in [0.25, 0.3) is 0 Å². The number of rotatable bonds is 5. The zero-order valence-electron chi connectivity index (χ0n) is 13.6. The number of amides is 1. The maximum absolute atomic E-state index is 12.7. The number of carbonyl (C=O) groups is 2. The topological polar surface area (TPSA) is 57.6 Å². The van der Waals surface area contributed by atoms with Gasteiger partial charge in [0.1, 0.15) is 0 Å². The van der Waals surface area contributed by atoms with Gasteiger partial charge in [-0.3, -0.25) is 4.79 Å². The molecule has 0 spiro atoms. The molecule has 4 nitrogen and oxygen atoms in total. The highest BCUT2D eigenvalue weighted by atomic mass is 16.4. The molecule has 120 valence electrons. The van der Waals surface area contributed by atoms with Crippen molar-refractivity contribution in [2.24, 2.45) is 11.8 Å². The van der Waals surface area contributed by atoms with E-state index in [1.165, 1.54) is 0 Å². The summed E-state index contributed by atoms with van der Waals surface area (Å²) in [5.41, 5.74) is 2.42. The van der Waals surface area contributed by atoms with Gasteiger partial charge in [0.25, 0.3) is 0 Å². The van der Waals surface area contributed by atoms with E-state index < -0.39 is 5.97 Å².